The number of carbonyl (C=O) groups is 2. The van der Waals surface area contributed by atoms with E-state index in [0.29, 0.717) is 13.0 Å². The number of para-hydroxylation sites is 1. The largest absolute Gasteiger partial charge is 0.361 e. The maximum absolute atomic E-state index is 12.5. The van der Waals surface area contributed by atoms with Crippen LogP contribution in [0.15, 0.2) is 54.7 Å². The van der Waals surface area contributed by atoms with E-state index in [4.69, 9.17) is 0 Å². The second kappa shape index (κ2) is 8.52. The molecule has 0 saturated heterocycles. The van der Waals surface area contributed by atoms with Gasteiger partial charge in [0, 0.05) is 36.3 Å². The topological polar surface area (TPSA) is 65.2 Å². The maximum atomic E-state index is 12.5. The highest BCUT2D eigenvalue weighted by atomic mass is 16.2. The van der Waals surface area contributed by atoms with E-state index < -0.39 is 0 Å². The van der Waals surface area contributed by atoms with E-state index in [-0.39, 0.29) is 23.8 Å². The number of nitrogens with zero attached hydrogens (tertiary/aromatic N) is 1. The first kappa shape index (κ1) is 20.6. The highest BCUT2D eigenvalue weighted by Crippen LogP contribution is 2.23. The average molecular weight is 392 g/mol. The molecule has 3 rings (SSSR count). The number of aromatic amines is 1. The maximum Gasteiger partial charge on any atom is 0.243 e. The summed E-state index contributed by atoms with van der Waals surface area (Å²) in [5.74, 6) is -0.300. The lowest BCUT2D eigenvalue weighted by Crippen LogP contribution is -2.38. The number of amides is 2. The first-order valence-electron chi connectivity index (χ1n) is 9.95. The number of rotatable bonds is 6. The Morgan fingerprint density at radius 2 is 1.72 bits per heavy atom. The summed E-state index contributed by atoms with van der Waals surface area (Å²) in [5.41, 5.74) is 4.23. The second-order valence-electron chi connectivity index (χ2n) is 8.43. The number of anilines is 1. The molecule has 0 atom stereocenters. The molecule has 0 radical (unpaired) electrons. The van der Waals surface area contributed by atoms with E-state index in [9.17, 15) is 9.59 Å². The van der Waals surface area contributed by atoms with Crippen molar-refractivity contribution >= 4 is 28.4 Å². The van der Waals surface area contributed by atoms with E-state index >= 15 is 0 Å². The molecule has 1 aromatic heterocycles. The van der Waals surface area contributed by atoms with Crippen LogP contribution in [0, 0.1) is 0 Å². The van der Waals surface area contributed by atoms with E-state index in [1.165, 1.54) is 12.5 Å². The molecule has 3 aromatic rings. The van der Waals surface area contributed by atoms with Crippen LogP contribution in [0.25, 0.3) is 10.9 Å². The molecule has 29 heavy (non-hydrogen) atoms. The molecular weight excluding hydrogens is 362 g/mol. The Balaban J connectivity index is 1.60. The van der Waals surface area contributed by atoms with Gasteiger partial charge in [-0.3, -0.25) is 9.59 Å². The van der Waals surface area contributed by atoms with Gasteiger partial charge >= 0.3 is 0 Å². The Kier molecular flexibility index (Phi) is 6.06. The zero-order valence-corrected chi connectivity index (χ0v) is 17.6. The molecule has 0 aliphatic heterocycles. The third kappa shape index (κ3) is 5.25. The summed E-state index contributed by atoms with van der Waals surface area (Å²) in [6.45, 7) is 8.49. The molecule has 2 aromatic carbocycles. The van der Waals surface area contributed by atoms with Crippen molar-refractivity contribution in [2.24, 2.45) is 0 Å². The first-order chi connectivity index (χ1) is 13.7. The monoisotopic (exact) mass is 391 g/mol. The molecular formula is C24H29N3O2. The lowest BCUT2D eigenvalue weighted by molar-refractivity contribution is -0.132. The van der Waals surface area contributed by atoms with Gasteiger partial charge in [-0.1, -0.05) is 51.1 Å². The number of fused-ring (bicyclic) bond motifs is 1. The van der Waals surface area contributed by atoms with Crippen LogP contribution in [-0.2, 0) is 21.4 Å². The molecule has 1 heterocycles. The normalized spacial score (nSPS) is 11.4. The predicted octanol–water partition coefficient (Wildman–Crippen LogP) is 4.50. The third-order valence-corrected chi connectivity index (χ3v) is 5.14. The number of benzene rings is 2. The summed E-state index contributed by atoms with van der Waals surface area (Å²) in [4.78, 5) is 29.4. The lowest BCUT2D eigenvalue weighted by Gasteiger charge is -2.21. The highest BCUT2D eigenvalue weighted by Gasteiger charge is 2.16. The van der Waals surface area contributed by atoms with Crippen LogP contribution >= 0.6 is 0 Å². The van der Waals surface area contributed by atoms with Crippen molar-refractivity contribution in [1.29, 1.82) is 0 Å². The zero-order chi connectivity index (χ0) is 21.0. The molecule has 0 unspecified atom stereocenters. The van der Waals surface area contributed by atoms with Crippen molar-refractivity contribution in [2.75, 3.05) is 18.4 Å². The van der Waals surface area contributed by atoms with Crippen LogP contribution in [0.2, 0.25) is 0 Å². The smallest absolute Gasteiger partial charge is 0.243 e. The molecule has 5 nitrogen and oxygen atoms in total. The predicted molar refractivity (Wildman–Crippen MR) is 118 cm³/mol. The Morgan fingerprint density at radius 3 is 2.38 bits per heavy atom. The van der Waals surface area contributed by atoms with Crippen LogP contribution in [0.4, 0.5) is 5.69 Å². The van der Waals surface area contributed by atoms with Crippen LogP contribution < -0.4 is 5.32 Å². The number of hydrogen-bond donors (Lipinski definition) is 2. The van der Waals surface area contributed by atoms with Crippen molar-refractivity contribution in [3.63, 3.8) is 0 Å². The molecule has 152 valence electrons. The Morgan fingerprint density at radius 1 is 1.03 bits per heavy atom. The molecule has 0 fully saturated rings. The number of aromatic nitrogens is 1. The van der Waals surface area contributed by atoms with Crippen LogP contribution in [0.3, 0.4) is 0 Å². The summed E-state index contributed by atoms with van der Waals surface area (Å²) < 4.78 is 0. The molecule has 2 amide bonds. The van der Waals surface area contributed by atoms with Gasteiger partial charge in [-0.25, -0.2) is 0 Å². The quantitative estimate of drug-likeness (QED) is 0.650. The molecule has 0 bridgehead atoms. The highest BCUT2D eigenvalue weighted by molar-refractivity contribution is 5.94. The Bertz CT molecular complexity index is 997. The van der Waals surface area contributed by atoms with Crippen LogP contribution in [-0.4, -0.2) is 34.8 Å². The second-order valence-corrected chi connectivity index (χ2v) is 8.43. The van der Waals surface area contributed by atoms with Gasteiger partial charge in [0.15, 0.2) is 0 Å². The summed E-state index contributed by atoms with van der Waals surface area (Å²) in [7, 11) is 0. The van der Waals surface area contributed by atoms with Gasteiger partial charge in [-0.05, 0) is 41.2 Å². The minimum atomic E-state index is -0.192. The van der Waals surface area contributed by atoms with Gasteiger partial charge in [-0.15, -0.1) is 0 Å². The number of hydrogen-bond acceptors (Lipinski definition) is 2. The lowest BCUT2D eigenvalue weighted by atomic mass is 9.87. The standard InChI is InChI=1S/C24H29N3O2/c1-17(28)27(14-13-18-15-25-22-8-6-5-7-21(18)22)16-23(29)26-20-11-9-19(10-12-20)24(2,3)4/h5-12,15,25H,13-14,16H2,1-4H3,(H,26,29). The molecule has 2 N–H and O–H groups in total. The third-order valence-electron chi connectivity index (χ3n) is 5.14. The molecule has 0 spiro atoms. The van der Waals surface area contributed by atoms with E-state index in [0.717, 1.165) is 22.2 Å². The Labute approximate surface area is 172 Å². The molecule has 0 aliphatic rings. The minimum Gasteiger partial charge on any atom is -0.361 e. The number of H-pyrrole nitrogens is 1. The van der Waals surface area contributed by atoms with Crippen LogP contribution in [0.5, 0.6) is 0 Å². The van der Waals surface area contributed by atoms with Crippen molar-refractivity contribution in [3.05, 3.63) is 65.9 Å². The first-order valence-corrected chi connectivity index (χ1v) is 9.95. The van der Waals surface area contributed by atoms with E-state index in [2.05, 4.69) is 37.1 Å². The molecule has 0 aliphatic carbocycles. The summed E-state index contributed by atoms with van der Waals surface area (Å²) in [6, 6.07) is 15.9. The molecule has 5 heteroatoms. The van der Waals surface area contributed by atoms with E-state index in [1.807, 2.05) is 48.7 Å². The summed E-state index contributed by atoms with van der Waals surface area (Å²) >= 11 is 0. The minimum absolute atomic E-state index is 0.0404. The Hall–Kier alpha value is -3.08. The number of carbonyl (C=O) groups excluding carboxylic acids is 2. The fourth-order valence-electron chi connectivity index (χ4n) is 3.37. The van der Waals surface area contributed by atoms with Crippen molar-refractivity contribution in [3.8, 4) is 0 Å². The van der Waals surface area contributed by atoms with Crippen molar-refractivity contribution in [1.82, 2.24) is 9.88 Å². The average Bonchev–Trinajstić information content (AvgIpc) is 3.08. The SMILES string of the molecule is CC(=O)N(CCc1c[nH]c2ccccc12)CC(=O)Nc1ccc(C(C)(C)C)cc1. The van der Waals surface area contributed by atoms with Gasteiger partial charge in [0.2, 0.25) is 11.8 Å². The molecule has 0 saturated carbocycles. The van der Waals surface area contributed by atoms with Gasteiger partial charge in [0.25, 0.3) is 0 Å². The van der Waals surface area contributed by atoms with Gasteiger partial charge in [0.1, 0.15) is 0 Å². The van der Waals surface area contributed by atoms with Crippen molar-refractivity contribution in [2.45, 2.75) is 39.5 Å². The van der Waals surface area contributed by atoms with Crippen LogP contribution in [0.1, 0.15) is 38.8 Å². The van der Waals surface area contributed by atoms with Gasteiger partial charge in [0.05, 0.1) is 6.54 Å². The fourth-order valence-corrected chi connectivity index (χ4v) is 3.37. The fraction of sp³-hybridized carbons (Fsp3) is 0.333. The van der Waals surface area contributed by atoms with Crippen molar-refractivity contribution < 1.29 is 9.59 Å². The number of nitrogens with one attached hydrogen (secondary N) is 2. The summed E-state index contributed by atoms with van der Waals surface area (Å²) in [6.07, 6.45) is 2.66. The van der Waals surface area contributed by atoms with Gasteiger partial charge in [-0.2, -0.15) is 0 Å². The van der Waals surface area contributed by atoms with Gasteiger partial charge < -0.3 is 15.2 Å². The summed E-state index contributed by atoms with van der Waals surface area (Å²) in [5, 5.41) is 4.04. The zero-order valence-electron chi connectivity index (χ0n) is 17.6. The van der Waals surface area contributed by atoms with E-state index in [1.54, 1.807) is 4.90 Å².